The summed E-state index contributed by atoms with van der Waals surface area (Å²) in [6.07, 6.45) is 0.971. The molecule has 1 aromatic rings. The third kappa shape index (κ3) is 3.05. The van der Waals surface area contributed by atoms with E-state index in [1.807, 2.05) is 18.2 Å². The Morgan fingerprint density at radius 3 is 2.14 bits per heavy atom. The van der Waals surface area contributed by atoms with Gasteiger partial charge in [-0.1, -0.05) is 0 Å². The Labute approximate surface area is 94.6 Å². The fourth-order valence-corrected chi connectivity index (χ4v) is 3.41. The van der Waals surface area contributed by atoms with Gasteiger partial charge in [-0.3, -0.25) is 0 Å². The van der Waals surface area contributed by atoms with Gasteiger partial charge in [0.2, 0.25) is 0 Å². The van der Waals surface area contributed by atoms with Crippen molar-refractivity contribution in [2.75, 3.05) is 20.0 Å². The molecule has 0 bridgehead atoms. The van der Waals surface area contributed by atoms with E-state index in [4.69, 9.17) is 0 Å². The number of hydrogen-bond acceptors (Lipinski definition) is 1. The summed E-state index contributed by atoms with van der Waals surface area (Å²) >= 11 is 3.32. The molecule has 0 aliphatic heterocycles. The standard InChI is InChI=1S/C11H18BrOP/c1-14(2,3,11(12)13)9-10-7-5-4-6-8-10/h4-8,11,13H,9H2,1-3H3. The van der Waals surface area contributed by atoms with Crippen LogP contribution in [0.4, 0.5) is 0 Å². The van der Waals surface area contributed by atoms with E-state index in [2.05, 4.69) is 48.1 Å². The molecule has 1 rings (SSSR count). The van der Waals surface area contributed by atoms with Crippen LogP contribution in [-0.4, -0.2) is 29.9 Å². The van der Waals surface area contributed by atoms with Gasteiger partial charge in [-0.15, -0.1) is 0 Å². The summed E-state index contributed by atoms with van der Waals surface area (Å²) in [7, 11) is 0. The van der Waals surface area contributed by atoms with Crippen molar-refractivity contribution in [1.29, 1.82) is 0 Å². The van der Waals surface area contributed by atoms with Crippen LogP contribution in [0.5, 0.6) is 0 Å². The maximum absolute atomic E-state index is 9.78. The number of rotatable bonds is 3. The summed E-state index contributed by atoms with van der Waals surface area (Å²) in [6, 6.07) is 10.3. The van der Waals surface area contributed by atoms with Gasteiger partial charge in [0.05, 0.1) is 0 Å². The number of aliphatic hydroxyl groups excluding tert-OH is 1. The van der Waals surface area contributed by atoms with Crippen LogP contribution in [0.1, 0.15) is 5.56 Å². The molecule has 0 aliphatic carbocycles. The van der Waals surface area contributed by atoms with Crippen LogP contribution in [0, 0.1) is 0 Å². The second-order valence-corrected chi connectivity index (χ2v) is 14.1. The average molecular weight is 277 g/mol. The summed E-state index contributed by atoms with van der Waals surface area (Å²) in [5, 5.41) is 9.78. The molecule has 1 atom stereocenters. The Morgan fingerprint density at radius 2 is 1.71 bits per heavy atom. The molecule has 0 radical (unpaired) electrons. The molecule has 1 unspecified atom stereocenters. The van der Waals surface area contributed by atoms with Crippen molar-refractivity contribution in [3.8, 4) is 0 Å². The Kier molecular flexibility index (Phi) is 3.41. The molecule has 0 saturated heterocycles. The molecule has 14 heavy (non-hydrogen) atoms. The third-order valence-corrected chi connectivity index (χ3v) is 10.0. The first-order chi connectivity index (χ1) is 6.30. The molecule has 1 aromatic carbocycles. The number of halogens is 1. The monoisotopic (exact) mass is 276 g/mol. The molecule has 1 N–H and O–H groups in total. The van der Waals surface area contributed by atoms with Crippen molar-refractivity contribution in [2.24, 2.45) is 0 Å². The van der Waals surface area contributed by atoms with E-state index in [0.29, 0.717) is 0 Å². The van der Waals surface area contributed by atoms with Gasteiger partial charge in [-0.25, -0.2) is 0 Å². The van der Waals surface area contributed by atoms with Gasteiger partial charge < -0.3 is 0 Å². The van der Waals surface area contributed by atoms with Crippen LogP contribution in [0.15, 0.2) is 30.3 Å². The van der Waals surface area contributed by atoms with Crippen molar-refractivity contribution in [2.45, 2.75) is 10.9 Å². The summed E-state index contributed by atoms with van der Waals surface area (Å²) < 4.78 is -0.381. The first kappa shape index (κ1) is 12.2. The zero-order valence-electron chi connectivity index (χ0n) is 8.94. The van der Waals surface area contributed by atoms with Crippen molar-refractivity contribution in [3.05, 3.63) is 35.9 Å². The Hall–Kier alpha value is 0.0900. The maximum atomic E-state index is 9.78. The molecule has 3 heteroatoms. The zero-order chi connectivity index (χ0) is 10.8. The molecular weight excluding hydrogens is 259 g/mol. The normalized spacial score (nSPS) is 17.1. The van der Waals surface area contributed by atoms with Crippen LogP contribution >= 0.6 is 22.5 Å². The molecule has 0 saturated carbocycles. The van der Waals surface area contributed by atoms with Crippen LogP contribution in [-0.2, 0) is 6.16 Å². The topological polar surface area (TPSA) is 20.2 Å². The van der Waals surface area contributed by atoms with Crippen molar-refractivity contribution in [1.82, 2.24) is 0 Å². The van der Waals surface area contributed by atoms with E-state index in [9.17, 15) is 5.11 Å². The second-order valence-electron chi connectivity index (χ2n) is 5.20. The average Bonchev–Trinajstić information content (AvgIpc) is 2.03. The van der Waals surface area contributed by atoms with Gasteiger partial charge in [0, 0.05) is 0 Å². The van der Waals surface area contributed by atoms with Gasteiger partial charge in [-0.05, 0) is 0 Å². The number of benzene rings is 1. The molecule has 0 aliphatic rings. The summed E-state index contributed by atoms with van der Waals surface area (Å²) in [5.41, 5.74) is 1.30. The molecule has 0 spiro atoms. The summed E-state index contributed by atoms with van der Waals surface area (Å²) in [4.78, 5) is 0. The number of aliphatic hydroxyl groups is 1. The van der Waals surface area contributed by atoms with Crippen molar-refractivity contribution < 1.29 is 5.11 Å². The predicted molar refractivity (Wildman–Crippen MR) is 69.8 cm³/mol. The summed E-state index contributed by atoms with van der Waals surface area (Å²) in [6.45, 7) is 4.56. The van der Waals surface area contributed by atoms with E-state index in [0.717, 1.165) is 6.16 Å². The number of alkyl halides is 1. The minimum absolute atomic E-state index is 0.381. The van der Waals surface area contributed by atoms with Gasteiger partial charge in [-0.2, -0.15) is 0 Å². The van der Waals surface area contributed by atoms with E-state index in [-0.39, 0.29) is 4.75 Å². The van der Waals surface area contributed by atoms with Gasteiger partial charge in [0.1, 0.15) is 0 Å². The zero-order valence-corrected chi connectivity index (χ0v) is 11.4. The van der Waals surface area contributed by atoms with Gasteiger partial charge in [0.15, 0.2) is 0 Å². The third-order valence-electron chi connectivity index (χ3n) is 2.38. The molecule has 0 amide bonds. The van der Waals surface area contributed by atoms with Crippen LogP contribution in [0.2, 0.25) is 0 Å². The van der Waals surface area contributed by atoms with E-state index < -0.39 is 6.60 Å². The van der Waals surface area contributed by atoms with Crippen LogP contribution in [0.3, 0.4) is 0 Å². The minimum atomic E-state index is -2.02. The summed E-state index contributed by atoms with van der Waals surface area (Å²) in [5.74, 6) is 0. The van der Waals surface area contributed by atoms with Gasteiger partial charge >= 0.3 is 94.4 Å². The molecule has 0 fully saturated rings. The van der Waals surface area contributed by atoms with E-state index in [1.165, 1.54) is 5.56 Å². The molecule has 80 valence electrons. The fourth-order valence-electron chi connectivity index (χ4n) is 1.31. The van der Waals surface area contributed by atoms with Crippen molar-refractivity contribution >= 4 is 22.5 Å². The SMILES string of the molecule is CP(C)(C)(Cc1ccccc1)C(O)Br. The molecule has 0 aromatic heterocycles. The van der Waals surface area contributed by atoms with Gasteiger partial charge in [0.25, 0.3) is 0 Å². The Morgan fingerprint density at radius 1 is 1.21 bits per heavy atom. The number of hydrogen-bond donors (Lipinski definition) is 1. The second kappa shape index (κ2) is 3.92. The molecular formula is C11H18BrOP. The Bertz CT molecular complexity index is 300. The first-order valence-electron chi connectivity index (χ1n) is 4.66. The molecule has 0 heterocycles. The van der Waals surface area contributed by atoms with Crippen LogP contribution < -0.4 is 0 Å². The fraction of sp³-hybridized carbons (Fsp3) is 0.455. The van der Waals surface area contributed by atoms with E-state index >= 15 is 0 Å². The quantitative estimate of drug-likeness (QED) is 0.664. The Balaban J connectivity index is 2.88. The molecule has 1 nitrogen and oxygen atoms in total. The first-order valence-corrected chi connectivity index (χ1v) is 9.40. The van der Waals surface area contributed by atoms with Crippen LogP contribution in [0.25, 0.3) is 0 Å². The van der Waals surface area contributed by atoms with E-state index in [1.54, 1.807) is 0 Å². The predicted octanol–water partition coefficient (Wildman–Crippen LogP) is 3.30. The van der Waals surface area contributed by atoms with Crippen molar-refractivity contribution in [3.63, 3.8) is 0 Å².